The van der Waals surface area contributed by atoms with Gasteiger partial charge in [0.1, 0.15) is 0 Å². The second kappa shape index (κ2) is 5.06. The molecule has 0 fully saturated rings. The summed E-state index contributed by atoms with van der Waals surface area (Å²) in [6, 6.07) is 2.96. The molecule has 86 valence electrons. The molecular weight excluding hydrogens is 212 g/mol. The van der Waals surface area contributed by atoms with E-state index in [1.54, 1.807) is 6.07 Å². The summed E-state index contributed by atoms with van der Waals surface area (Å²) in [5.41, 5.74) is 0.512. The molecule has 0 saturated heterocycles. The largest absolute Gasteiger partial charge is 0.504 e. The summed E-state index contributed by atoms with van der Waals surface area (Å²) in [7, 11) is 2.84. The van der Waals surface area contributed by atoms with Crippen molar-refractivity contribution in [2.24, 2.45) is 0 Å². The number of ether oxygens (including phenoxy) is 2. The molecule has 0 atom stereocenters. The van der Waals surface area contributed by atoms with Gasteiger partial charge in [-0.15, -0.1) is 0 Å². The van der Waals surface area contributed by atoms with Crippen LogP contribution in [0.3, 0.4) is 0 Å². The number of carboxylic acid groups (broad SMARTS) is 1. The van der Waals surface area contributed by atoms with Crippen LogP contribution in [0, 0.1) is 0 Å². The van der Waals surface area contributed by atoms with Gasteiger partial charge in [0.25, 0.3) is 0 Å². The minimum absolute atomic E-state index is 0.105. The number of carboxylic acids is 1. The monoisotopic (exact) mass is 224 g/mol. The number of carbonyl (C=O) groups is 1. The maximum Gasteiger partial charge on any atom is 0.328 e. The number of hydrogen-bond acceptors (Lipinski definition) is 4. The third-order valence-corrected chi connectivity index (χ3v) is 1.90. The highest BCUT2D eigenvalue weighted by atomic mass is 16.5. The lowest BCUT2D eigenvalue weighted by molar-refractivity contribution is -0.131. The molecule has 0 heterocycles. The fourth-order valence-corrected chi connectivity index (χ4v) is 1.23. The van der Waals surface area contributed by atoms with E-state index in [1.165, 1.54) is 26.4 Å². The van der Waals surface area contributed by atoms with Crippen LogP contribution in [0.25, 0.3) is 6.08 Å². The highest BCUT2D eigenvalue weighted by Gasteiger charge is 2.10. The molecule has 0 bridgehead atoms. The van der Waals surface area contributed by atoms with E-state index in [4.69, 9.17) is 14.6 Å². The van der Waals surface area contributed by atoms with Gasteiger partial charge in [0, 0.05) is 6.08 Å². The molecule has 0 aliphatic carbocycles. The molecule has 0 spiro atoms. The molecule has 2 N–H and O–H groups in total. The third kappa shape index (κ3) is 2.66. The van der Waals surface area contributed by atoms with Gasteiger partial charge in [-0.3, -0.25) is 0 Å². The Morgan fingerprint density at radius 3 is 2.50 bits per heavy atom. The van der Waals surface area contributed by atoms with Gasteiger partial charge >= 0.3 is 5.97 Å². The van der Waals surface area contributed by atoms with Crippen molar-refractivity contribution in [2.45, 2.75) is 0 Å². The predicted octanol–water partition coefficient (Wildman–Crippen LogP) is 1.51. The molecule has 0 aliphatic rings. The van der Waals surface area contributed by atoms with Gasteiger partial charge in [0.15, 0.2) is 11.5 Å². The van der Waals surface area contributed by atoms with Gasteiger partial charge in [-0.25, -0.2) is 4.79 Å². The smallest absolute Gasteiger partial charge is 0.328 e. The minimum Gasteiger partial charge on any atom is -0.504 e. The van der Waals surface area contributed by atoms with Crippen LogP contribution >= 0.6 is 0 Å². The van der Waals surface area contributed by atoms with Gasteiger partial charge in [-0.05, 0) is 23.8 Å². The second-order valence-corrected chi connectivity index (χ2v) is 2.95. The van der Waals surface area contributed by atoms with Crippen molar-refractivity contribution in [2.75, 3.05) is 14.2 Å². The van der Waals surface area contributed by atoms with E-state index in [1.807, 2.05) is 0 Å². The van der Waals surface area contributed by atoms with E-state index in [0.717, 1.165) is 6.08 Å². The summed E-state index contributed by atoms with van der Waals surface area (Å²) in [5.74, 6) is -0.608. The number of methoxy groups -OCH3 is 2. The summed E-state index contributed by atoms with van der Waals surface area (Å²) in [6.45, 7) is 0. The van der Waals surface area contributed by atoms with E-state index >= 15 is 0 Å². The maximum absolute atomic E-state index is 10.3. The fourth-order valence-electron chi connectivity index (χ4n) is 1.23. The number of phenolic OH excluding ortho intramolecular Hbond substituents is 1. The maximum atomic E-state index is 10.3. The molecule has 0 radical (unpaired) electrons. The number of rotatable bonds is 4. The van der Waals surface area contributed by atoms with Gasteiger partial charge in [0.2, 0.25) is 5.75 Å². The number of benzene rings is 1. The Labute approximate surface area is 92.5 Å². The Balaban J connectivity index is 3.15. The Hall–Kier alpha value is -2.17. The molecular formula is C11H12O5. The van der Waals surface area contributed by atoms with E-state index in [-0.39, 0.29) is 11.5 Å². The SMILES string of the molecule is COc1cc(C=CC(=O)O)cc(O)c1OC. The quantitative estimate of drug-likeness (QED) is 0.758. The van der Waals surface area contributed by atoms with Gasteiger partial charge in [-0.1, -0.05) is 0 Å². The Kier molecular flexibility index (Phi) is 3.77. The average molecular weight is 224 g/mol. The molecule has 0 unspecified atom stereocenters. The van der Waals surface area contributed by atoms with Crippen LogP contribution in [0.4, 0.5) is 0 Å². The van der Waals surface area contributed by atoms with Gasteiger partial charge in [-0.2, -0.15) is 0 Å². The van der Waals surface area contributed by atoms with Crippen LogP contribution in [0.5, 0.6) is 17.2 Å². The van der Waals surface area contributed by atoms with Crippen LogP contribution < -0.4 is 9.47 Å². The molecule has 0 amide bonds. The molecule has 5 nitrogen and oxygen atoms in total. The first-order chi connectivity index (χ1) is 7.58. The van der Waals surface area contributed by atoms with Crippen LogP contribution in [0.15, 0.2) is 18.2 Å². The third-order valence-electron chi connectivity index (χ3n) is 1.90. The van der Waals surface area contributed by atoms with E-state index in [2.05, 4.69) is 0 Å². The number of aliphatic carboxylic acids is 1. The van der Waals surface area contributed by atoms with Crippen LogP contribution in [0.1, 0.15) is 5.56 Å². The highest BCUT2D eigenvalue weighted by Crippen LogP contribution is 2.37. The van der Waals surface area contributed by atoms with Crippen molar-refractivity contribution in [3.05, 3.63) is 23.8 Å². The van der Waals surface area contributed by atoms with Crippen molar-refractivity contribution in [3.63, 3.8) is 0 Å². The topological polar surface area (TPSA) is 76.0 Å². The summed E-state index contributed by atoms with van der Waals surface area (Å²) in [6.07, 6.45) is 2.32. The minimum atomic E-state index is -1.06. The lowest BCUT2D eigenvalue weighted by atomic mass is 10.1. The zero-order chi connectivity index (χ0) is 12.1. The molecule has 1 aromatic rings. The molecule has 1 aromatic carbocycles. The van der Waals surface area contributed by atoms with E-state index < -0.39 is 5.97 Å². The first kappa shape index (κ1) is 11.9. The summed E-state index contributed by atoms with van der Waals surface area (Å²) >= 11 is 0. The second-order valence-electron chi connectivity index (χ2n) is 2.95. The first-order valence-electron chi connectivity index (χ1n) is 4.44. The summed E-state index contributed by atoms with van der Waals surface area (Å²) < 4.78 is 9.93. The Morgan fingerprint density at radius 2 is 2.00 bits per heavy atom. The fraction of sp³-hybridized carbons (Fsp3) is 0.182. The van der Waals surface area contributed by atoms with Crippen LogP contribution in [-0.4, -0.2) is 30.4 Å². The molecule has 5 heteroatoms. The zero-order valence-corrected chi connectivity index (χ0v) is 8.93. The van der Waals surface area contributed by atoms with Crippen LogP contribution in [0.2, 0.25) is 0 Å². The molecule has 16 heavy (non-hydrogen) atoms. The summed E-state index contributed by atoms with van der Waals surface area (Å²) in [5, 5.41) is 18.0. The molecule has 0 aliphatic heterocycles. The standard InChI is InChI=1S/C11H12O5/c1-15-9-6-7(3-4-10(13)14)5-8(12)11(9)16-2/h3-6,12H,1-2H3,(H,13,14). The molecule has 1 rings (SSSR count). The normalized spacial score (nSPS) is 10.4. The predicted molar refractivity (Wildman–Crippen MR) is 57.9 cm³/mol. The lowest BCUT2D eigenvalue weighted by Crippen LogP contribution is -1.92. The van der Waals surface area contributed by atoms with E-state index in [0.29, 0.717) is 11.3 Å². The highest BCUT2D eigenvalue weighted by molar-refractivity contribution is 5.85. The Bertz CT molecular complexity index is 423. The molecule has 0 saturated carbocycles. The number of phenols is 1. The number of hydrogen-bond donors (Lipinski definition) is 2. The van der Waals surface area contributed by atoms with Crippen molar-refractivity contribution in [3.8, 4) is 17.2 Å². The van der Waals surface area contributed by atoms with Crippen molar-refractivity contribution in [1.29, 1.82) is 0 Å². The lowest BCUT2D eigenvalue weighted by Gasteiger charge is -2.09. The van der Waals surface area contributed by atoms with Gasteiger partial charge in [0.05, 0.1) is 14.2 Å². The average Bonchev–Trinajstić information content (AvgIpc) is 2.25. The van der Waals surface area contributed by atoms with Crippen molar-refractivity contribution in [1.82, 2.24) is 0 Å². The zero-order valence-electron chi connectivity index (χ0n) is 8.93. The van der Waals surface area contributed by atoms with E-state index in [9.17, 15) is 9.90 Å². The van der Waals surface area contributed by atoms with Gasteiger partial charge < -0.3 is 19.7 Å². The first-order valence-corrected chi connectivity index (χ1v) is 4.44. The summed E-state index contributed by atoms with van der Waals surface area (Å²) in [4.78, 5) is 10.3. The number of aromatic hydroxyl groups is 1. The Morgan fingerprint density at radius 1 is 1.31 bits per heavy atom. The molecule has 0 aromatic heterocycles. The van der Waals surface area contributed by atoms with Crippen molar-refractivity contribution < 1.29 is 24.5 Å². The van der Waals surface area contributed by atoms with Crippen molar-refractivity contribution >= 4 is 12.0 Å². The van der Waals surface area contributed by atoms with Crippen LogP contribution in [-0.2, 0) is 4.79 Å².